The lowest BCUT2D eigenvalue weighted by molar-refractivity contribution is 0.534. The standard InChI is InChI=1S/C11H9FN2O/c1-8-4-5-10(15)14(11(8)12)9-3-2-6-13-7-9/h2-7H,1H3. The Kier molecular flexibility index (Phi) is 2.33. The van der Waals surface area contributed by atoms with Gasteiger partial charge in [-0.05, 0) is 25.1 Å². The highest BCUT2D eigenvalue weighted by molar-refractivity contribution is 5.30. The molecule has 2 aromatic heterocycles. The molecule has 15 heavy (non-hydrogen) atoms. The van der Waals surface area contributed by atoms with E-state index in [1.807, 2.05) is 0 Å². The van der Waals surface area contributed by atoms with E-state index in [2.05, 4.69) is 4.98 Å². The molecule has 0 aliphatic rings. The maximum Gasteiger partial charge on any atom is 0.257 e. The van der Waals surface area contributed by atoms with Gasteiger partial charge in [-0.1, -0.05) is 0 Å². The van der Waals surface area contributed by atoms with Crippen molar-refractivity contribution in [3.63, 3.8) is 0 Å². The van der Waals surface area contributed by atoms with E-state index < -0.39 is 11.5 Å². The van der Waals surface area contributed by atoms with Gasteiger partial charge in [-0.15, -0.1) is 0 Å². The van der Waals surface area contributed by atoms with Crippen molar-refractivity contribution in [2.75, 3.05) is 0 Å². The summed E-state index contributed by atoms with van der Waals surface area (Å²) in [6, 6.07) is 6.09. The molecular formula is C11H9FN2O. The fourth-order valence-electron chi connectivity index (χ4n) is 1.34. The zero-order valence-corrected chi connectivity index (χ0v) is 8.14. The quantitative estimate of drug-likeness (QED) is 0.662. The van der Waals surface area contributed by atoms with Gasteiger partial charge >= 0.3 is 0 Å². The van der Waals surface area contributed by atoms with Gasteiger partial charge in [0.25, 0.3) is 5.56 Å². The molecule has 0 aromatic carbocycles. The predicted octanol–water partition coefficient (Wildman–Crippen LogP) is 1.68. The number of pyridine rings is 2. The Bertz CT molecular complexity index is 534. The predicted molar refractivity (Wildman–Crippen MR) is 54.5 cm³/mol. The van der Waals surface area contributed by atoms with Crippen LogP contribution >= 0.6 is 0 Å². The van der Waals surface area contributed by atoms with Gasteiger partial charge in [0.1, 0.15) is 0 Å². The minimum absolute atomic E-state index is 0.397. The fourth-order valence-corrected chi connectivity index (χ4v) is 1.34. The van der Waals surface area contributed by atoms with Crippen molar-refractivity contribution in [1.29, 1.82) is 0 Å². The Hall–Kier alpha value is -1.97. The molecule has 0 bridgehead atoms. The highest BCUT2D eigenvalue weighted by Crippen LogP contribution is 2.08. The molecule has 0 spiro atoms. The van der Waals surface area contributed by atoms with Crippen molar-refractivity contribution in [3.8, 4) is 5.69 Å². The van der Waals surface area contributed by atoms with E-state index >= 15 is 0 Å². The molecule has 0 atom stereocenters. The van der Waals surface area contributed by atoms with Crippen LogP contribution in [0.2, 0.25) is 0 Å². The Morgan fingerprint density at radius 2 is 2.13 bits per heavy atom. The molecule has 2 heterocycles. The van der Waals surface area contributed by atoms with Gasteiger partial charge < -0.3 is 0 Å². The van der Waals surface area contributed by atoms with E-state index in [4.69, 9.17) is 0 Å². The molecule has 0 radical (unpaired) electrons. The molecule has 76 valence electrons. The number of aromatic nitrogens is 2. The number of hydrogen-bond donors (Lipinski definition) is 0. The summed E-state index contributed by atoms with van der Waals surface area (Å²) in [7, 11) is 0. The summed E-state index contributed by atoms with van der Waals surface area (Å²) in [4.78, 5) is 15.3. The van der Waals surface area contributed by atoms with Gasteiger partial charge in [0.2, 0.25) is 5.95 Å². The number of hydrogen-bond acceptors (Lipinski definition) is 2. The normalized spacial score (nSPS) is 10.3. The van der Waals surface area contributed by atoms with Crippen molar-refractivity contribution < 1.29 is 4.39 Å². The maximum absolute atomic E-state index is 13.7. The van der Waals surface area contributed by atoms with Crippen molar-refractivity contribution in [3.05, 3.63) is 58.5 Å². The van der Waals surface area contributed by atoms with E-state index in [1.165, 1.54) is 18.3 Å². The summed E-state index contributed by atoms with van der Waals surface area (Å²) >= 11 is 0. The molecule has 0 saturated carbocycles. The number of rotatable bonds is 1. The topological polar surface area (TPSA) is 34.9 Å². The molecule has 0 unspecified atom stereocenters. The summed E-state index contributed by atoms with van der Waals surface area (Å²) in [5.41, 5.74) is 0.466. The third kappa shape index (κ3) is 1.66. The number of aryl methyl sites for hydroxylation is 1. The van der Waals surface area contributed by atoms with Gasteiger partial charge in [-0.3, -0.25) is 14.3 Å². The van der Waals surface area contributed by atoms with E-state index in [0.29, 0.717) is 11.3 Å². The zero-order chi connectivity index (χ0) is 10.8. The van der Waals surface area contributed by atoms with Crippen LogP contribution in [0.1, 0.15) is 5.56 Å². The average molecular weight is 204 g/mol. The summed E-state index contributed by atoms with van der Waals surface area (Å²) < 4.78 is 14.7. The van der Waals surface area contributed by atoms with Crippen LogP contribution in [-0.4, -0.2) is 9.55 Å². The summed E-state index contributed by atoms with van der Waals surface area (Å²) in [5, 5.41) is 0. The molecule has 2 rings (SSSR count). The van der Waals surface area contributed by atoms with Crippen LogP contribution in [0, 0.1) is 12.9 Å². The van der Waals surface area contributed by atoms with Crippen molar-refractivity contribution in [2.24, 2.45) is 0 Å². The van der Waals surface area contributed by atoms with Crippen LogP contribution < -0.4 is 5.56 Å². The smallest absolute Gasteiger partial charge is 0.257 e. The Morgan fingerprint density at radius 1 is 1.33 bits per heavy atom. The van der Waals surface area contributed by atoms with Gasteiger partial charge in [0, 0.05) is 17.8 Å². The highest BCUT2D eigenvalue weighted by Gasteiger charge is 2.07. The first-order valence-corrected chi connectivity index (χ1v) is 4.49. The van der Waals surface area contributed by atoms with Crippen LogP contribution in [0.3, 0.4) is 0 Å². The first-order chi connectivity index (χ1) is 7.20. The second-order valence-electron chi connectivity index (χ2n) is 3.19. The number of halogens is 1. The van der Waals surface area contributed by atoms with E-state index in [0.717, 1.165) is 4.57 Å². The molecule has 0 saturated heterocycles. The molecule has 0 fully saturated rings. The second-order valence-corrected chi connectivity index (χ2v) is 3.19. The van der Waals surface area contributed by atoms with Crippen LogP contribution in [0.4, 0.5) is 4.39 Å². The molecule has 0 aliphatic heterocycles. The minimum Gasteiger partial charge on any atom is -0.269 e. The van der Waals surface area contributed by atoms with E-state index in [1.54, 1.807) is 25.3 Å². The molecule has 0 aliphatic carbocycles. The van der Waals surface area contributed by atoms with Gasteiger partial charge in [0.05, 0.1) is 11.9 Å². The lowest BCUT2D eigenvalue weighted by atomic mass is 10.3. The molecular weight excluding hydrogens is 195 g/mol. The zero-order valence-electron chi connectivity index (χ0n) is 8.14. The Morgan fingerprint density at radius 3 is 2.80 bits per heavy atom. The summed E-state index contributed by atoms with van der Waals surface area (Å²) in [5.74, 6) is -0.546. The van der Waals surface area contributed by atoms with Crippen LogP contribution in [0.5, 0.6) is 0 Å². The molecule has 0 N–H and O–H groups in total. The average Bonchev–Trinajstić information content (AvgIpc) is 2.26. The van der Waals surface area contributed by atoms with Gasteiger partial charge in [-0.2, -0.15) is 4.39 Å². The molecule has 2 aromatic rings. The summed E-state index contributed by atoms with van der Waals surface area (Å²) in [6.45, 7) is 1.61. The van der Waals surface area contributed by atoms with Crippen LogP contribution in [0.15, 0.2) is 41.5 Å². The Balaban J connectivity index is 2.73. The third-order valence-corrected chi connectivity index (χ3v) is 2.12. The molecule has 0 amide bonds. The minimum atomic E-state index is -0.546. The first kappa shape index (κ1) is 9.58. The fraction of sp³-hybridized carbons (Fsp3) is 0.0909. The third-order valence-electron chi connectivity index (χ3n) is 2.12. The molecule has 3 nitrogen and oxygen atoms in total. The monoisotopic (exact) mass is 204 g/mol. The largest absolute Gasteiger partial charge is 0.269 e. The molecule has 4 heteroatoms. The second kappa shape index (κ2) is 3.65. The van der Waals surface area contributed by atoms with Crippen molar-refractivity contribution in [1.82, 2.24) is 9.55 Å². The SMILES string of the molecule is Cc1ccc(=O)n(-c2cccnc2)c1F. The van der Waals surface area contributed by atoms with Crippen molar-refractivity contribution in [2.45, 2.75) is 6.92 Å². The van der Waals surface area contributed by atoms with Gasteiger partial charge in [-0.25, -0.2) is 0 Å². The first-order valence-electron chi connectivity index (χ1n) is 4.49. The summed E-state index contributed by atoms with van der Waals surface area (Å²) in [6.07, 6.45) is 3.02. The highest BCUT2D eigenvalue weighted by atomic mass is 19.1. The van der Waals surface area contributed by atoms with E-state index in [9.17, 15) is 9.18 Å². The van der Waals surface area contributed by atoms with Crippen molar-refractivity contribution >= 4 is 0 Å². The number of nitrogens with zero attached hydrogens (tertiary/aromatic N) is 2. The lowest BCUT2D eigenvalue weighted by Gasteiger charge is -2.07. The lowest BCUT2D eigenvalue weighted by Crippen LogP contribution is -2.21. The van der Waals surface area contributed by atoms with Crippen LogP contribution in [-0.2, 0) is 0 Å². The maximum atomic E-state index is 13.7. The van der Waals surface area contributed by atoms with Crippen LogP contribution in [0.25, 0.3) is 5.69 Å². The Labute approximate surface area is 85.8 Å². The van der Waals surface area contributed by atoms with Gasteiger partial charge in [0.15, 0.2) is 0 Å². The van der Waals surface area contributed by atoms with E-state index in [-0.39, 0.29) is 0 Å².